The number of nitrogens with zero attached hydrogens (tertiary/aromatic N) is 2. The van der Waals surface area contributed by atoms with Crippen LogP contribution in [0, 0.1) is 0 Å². The van der Waals surface area contributed by atoms with Crippen molar-refractivity contribution < 1.29 is 14.3 Å². The maximum Gasteiger partial charge on any atom is 0.319 e. The molecule has 174 valence electrons. The van der Waals surface area contributed by atoms with Gasteiger partial charge in [-0.2, -0.15) is 0 Å². The van der Waals surface area contributed by atoms with Crippen molar-refractivity contribution in [3.05, 3.63) is 29.8 Å². The van der Waals surface area contributed by atoms with Gasteiger partial charge in [0.15, 0.2) is 5.96 Å². The minimum absolute atomic E-state index is 0.102. The predicted octanol–water partition coefficient (Wildman–Crippen LogP) is 3.20. The van der Waals surface area contributed by atoms with Crippen molar-refractivity contribution in [2.24, 2.45) is 4.99 Å². The summed E-state index contributed by atoms with van der Waals surface area (Å²) in [6.45, 7) is 10.8. The second-order valence-corrected chi connectivity index (χ2v) is 8.02. The van der Waals surface area contributed by atoms with Crippen LogP contribution in [0.2, 0.25) is 0 Å². The van der Waals surface area contributed by atoms with E-state index in [2.05, 4.69) is 27.8 Å². The first kappa shape index (κ1) is 24.9. The SMILES string of the molecule is CCNC(=NCc1ccc(NC(=O)NC(C)C)cc1)N1CCC(OCCCOC)CC1. The van der Waals surface area contributed by atoms with Gasteiger partial charge in [-0.3, -0.25) is 0 Å². The van der Waals surface area contributed by atoms with Crippen molar-refractivity contribution in [3.63, 3.8) is 0 Å². The van der Waals surface area contributed by atoms with Gasteiger partial charge in [0.2, 0.25) is 0 Å². The molecular formula is C23H39N5O3. The topological polar surface area (TPSA) is 87.2 Å². The van der Waals surface area contributed by atoms with E-state index >= 15 is 0 Å². The van der Waals surface area contributed by atoms with Gasteiger partial charge in [-0.15, -0.1) is 0 Å². The molecule has 8 heteroatoms. The minimum Gasteiger partial charge on any atom is -0.385 e. The molecule has 1 aromatic carbocycles. The maximum atomic E-state index is 11.8. The molecule has 0 radical (unpaired) electrons. The molecule has 2 amide bonds. The molecule has 31 heavy (non-hydrogen) atoms. The zero-order chi connectivity index (χ0) is 22.5. The average molecular weight is 434 g/mol. The Hall–Kier alpha value is -2.32. The Morgan fingerprint density at radius 3 is 2.52 bits per heavy atom. The van der Waals surface area contributed by atoms with E-state index in [-0.39, 0.29) is 12.1 Å². The smallest absolute Gasteiger partial charge is 0.319 e. The highest BCUT2D eigenvalue weighted by Gasteiger charge is 2.21. The van der Waals surface area contributed by atoms with Crippen LogP contribution in [-0.4, -0.2) is 69.0 Å². The molecule has 0 spiro atoms. The highest BCUT2D eigenvalue weighted by atomic mass is 16.5. The highest BCUT2D eigenvalue weighted by Crippen LogP contribution is 2.15. The summed E-state index contributed by atoms with van der Waals surface area (Å²) < 4.78 is 11.0. The van der Waals surface area contributed by atoms with Crippen molar-refractivity contribution in [1.82, 2.24) is 15.5 Å². The van der Waals surface area contributed by atoms with E-state index in [1.807, 2.05) is 38.1 Å². The number of nitrogens with one attached hydrogen (secondary N) is 3. The quantitative estimate of drug-likeness (QED) is 0.300. The van der Waals surface area contributed by atoms with Gasteiger partial charge < -0.3 is 30.3 Å². The first-order valence-corrected chi connectivity index (χ1v) is 11.3. The largest absolute Gasteiger partial charge is 0.385 e. The molecule has 0 unspecified atom stereocenters. The average Bonchev–Trinajstić information content (AvgIpc) is 2.75. The number of ether oxygens (including phenoxy) is 2. The predicted molar refractivity (Wildman–Crippen MR) is 126 cm³/mol. The van der Waals surface area contributed by atoms with Crippen molar-refractivity contribution in [1.29, 1.82) is 0 Å². The maximum absolute atomic E-state index is 11.8. The molecule has 1 fully saturated rings. The lowest BCUT2D eigenvalue weighted by atomic mass is 10.1. The number of benzene rings is 1. The van der Waals surface area contributed by atoms with Gasteiger partial charge >= 0.3 is 6.03 Å². The molecule has 1 saturated heterocycles. The van der Waals surface area contributed by atoms with Gasteiger partial charge in [0, 0.05) is 51.7 Å². The Labute approximate surface area is 186 Å². The fraction of sp³-hybridized carbons (Fsp3) is 0.652. The molecule has 1 heterocycles. The zero-order valence-electron chi connectivity index (χ0n) is 19.4. The summed E-state index contributed by atoms with van der Waals surface area (Å²) in [5, 5.41) is 9.06. The number of guanidine groups is 1. The molecular weight excluding hydrogens is 394 g/mol. The van der Waals surface area contributed by atoms with E-state index < -0.39 is 0 Å². The molecule has 1 aliphatic rings. The number of amides is 2. The number of hydrogen-bond donors (Lipinski definition) is 3. The number of piperidine rings is 1. The molecule has 3 N–H and O–H groups in total. The van der Waals surface area contributed by atoms with E-state index in [0.717, 1.165) is 69.3 Å². The Morgan fingerprint density at radius 2 is 1.90 bits per heavy atom. The number of urea groups is 1. The van der Waals surface area contributed by atoms with E-state index in [4.69, 9.17) is 14.5 Å². The molecule has 2 rings (SSSR count). The van der Waals surface area contributed by atoms with Crippen molar-refractivity contribution in [3.8, 4) is 0 Å². The van der Waals surface area contributed by atoms with E-state index in [1.54, 1.807) is 7.11 Å². The third-order valence-electron chi connectivity index (χ3n) is 4.97. The van der Waals surface area contributed by atoms with Gasteiger partial charge in [-0.25, -0.2) is 9.79 Å². The lowest BCUT2D eigenvalue weighted by Crippen LogP contribution is -2.47. The zero-order valence-corrected chi connectivity index (χ0v) is 19.4. The molecule has 0 saturated carbocycles. The van der Waals surface area contributed by atoms with Crippen molar-refractivity contribution in [2.75, 3.05) is 45.3 Å². The molecule has 8 nitrogen and oxygen atoms in total. The number of anilines is 1. The number of methoxy groups -OCH3 is 1. The fourth-order valence-corrected chi connectivity index (χ4v) is 3.40. The summed E-state index contributed by atoms with van der Waals surface area (Å²) >= 11 is 0. The van der Waals surface area contributed by atoms with E-state index in [1.165, 1.54) is 0 Å². The molecule has 0 atom stereocenters. The van der Waals surface area contributed by atoms with Crippen molar-refractivity contribution in [2.45, 2.75) is 58.7 Å². The number of carbonyl (C=O) groups is 1. The van der Waals surface area contributed by atoms with Crippen LogP contribution in [0.3, 0.4) is 0 Å². The summed E-state index contributed by atoms with van der Waals surface area (Å²) in [6.07, 6.45) is 3.29. The lowest BCUT2D eigenvalue weighted by molar-refractivity contribution is 0.00990. The summed E-state index contributed by atoms with van der Waals surface area (Å²) in [4.78, 5) is 18.9. The Bertz CT molecular complexity index is 670. The van der Waals surface area contributed by atoms with Gasteiger partial charge in [0.05, 0.1) is 12.6 Å². The standard InChI is InChI=1S/C23H39N5O3/c1-5-24-22(28-13-11-21(12-14-28)31-16-6-15-30-4)25-17-19-7-9-20(10-8-19)27-23(29)26-18(2)3/h7-10,18,21H,5-6,11-17H2,1-4H3,(H,24,25)(H2,26,27,29). The van der Waals surface area contributed by atoms with Gasteiger partial charge in [0.25, 0.3) is 0 Å². The Kier molecular flexibility index (Phi) is 11.2. The van der Waals surface area contributed by atoms with E-state index in [0.29, 0.717) is 12.6 Å². The summed E-state index contributed by atoms with van der Waals surface area (Å²) in [6, 6.07) is 7.72. The van der Waals surface area contributed by atoms with Gasteiger partial charge in [-0.1, -0.05) is 12.1 Å². The number of hydrogen-bond acceptors (Lipinski definition) is 4. The number of rotatable bonds is 10. The first-order valence-electron chi connectivity index (χ1n) is 11.3. The highest BCUT2D eigenvalue weighted by molar-refractivity contribution is 5.89. The monoisotopic (exact) mass is 433 g/mol. The molecule has 0 aromatic heterocycles. The lowest BCUT2D eigenvalue weighted by Gasteiger charge is -2.34. The summed E-state index contributed by atoms with van der Waals surface area (Å²) in [5.41, 5.74) is 1.87. The number of carbonyl (C=O) groups excluding carboxylic acids is 1. The van der Waals surface area contributed by atoms with Crippen LogP contribution < -0.4 is 16.0 Å². The fourth-order valence-electron chi connectivity index (χ4n) is 3.40. The van der Waals surface area contributed by atoms with Crippen LogP contribution in [0.25, 0.3) is 0 Å². The summed E-state index contributed by atoms with van der Waals surface area (Å²) in [5.74, 6) is 0.943. The van der Waals surface area contributed by atoms with Crippen LogP contribution in [-0.2, 0) is 16.0 Å². The first-order chi connectivity index (χ1) is 15.0. The Balaban J connectivity index is 1.83. The third-order valence-corrected chi connectivity index (χ3v) is 4.97. The minimum atomic E-state index is -0.193. The van der Waals surface area contributed by atoms with Crippen LogP contribution in [0.5, 0.6) is 0 Å². The van der Waals surface area contributed by atoms with Crippen LogP contribution in [0.15, 0.2) is 29.3 Å². The normalized spacial score (nSPS) is 15.3. The third kappa shape index (κ3) is 9.57. The number of likely N-dealkylation sites (tertiary alicyclic amines) is 1. The molecule has 0 aliphatic carbocycles. The molecule has 1 aliphatic heterocycles. The van der Waals surface area contributed by atoms with Gasteiger partial charge in [0.1, 0.15) is 0 Å². The van der Waals surface area contributed by atoms with Crippen LogP contribution >= 0.6 is 0 Å². The molecule has 1 aromatic rings. The number of aliphatic imine (C=N–C) groups is 1. The van der Waals surface area contributed by atoms with Crippen LogP contribution in [0.4, 0.5) is 10.5 Å². The summed E-state index contributed by atoms with van der Waals surface area (Å²) in [7, 11) is 1.72. The Morgan fingerprint density at radius 1 is 1.19 bits per heavy atom. The van der Waals surface area contributed by atoms with Crippen LogP contribution in [0.1, 0.15) is 45.6 Å². The van der Waals surface area contributed by atoms with E-state index in [9.17, 15) is 4.79 Å². The molecule has 0 bridgehead atoms. The second-order valence-electron chi connectivity index (χ2n) is 8.02. The van der Waals surface area contributed by atoms with Gasteiger partial charge in [-0.05, 0) is 57.7 Å². The van der Waals surface area contributed by atoms with Crippen molar-refractivity contribution >= 4 is 17.7 Å². The second kappa shape index (κ2) is 13.9.